The summed E-state index contributed by atoms with van der Waals surface area (Å²) in [5, 5.41) is 8.56. The number of aromatic nitrogens is 2. The lowest BCUT2D eigenvalue weighted by Crippen LogP contribution is -2.23. The molecule has 2 N–H and O–H groups in total. The average molecular weight is 290 g/mol. The highest BCUT2D eigenvalue weighted by atomic mass is 32.1. The molecule has 0 aliphatic rings. The van der Waals surface area contributed by atoms with E-state index < -0.39 is 0 Å². The monoisotopic (exact) mass is 290 g/mol. The molecule has 0 bridgehead atoms. The Morgan fingerprint density at radius 3 is 2.95 bits per heavy atom. The zero-order chi connectivity index (χ0) is 14.4. The number of rotatable bonds is 6. The van der Waals surface area contributed by atoms with Gasteiger partial charge in [0.05, 0.1) is 12.2 Å². The van der Waals surface area contributed by atoms with Gasteiger partial charge in [-0.1, -0.05) is 19.9 Å². The molecule has 0 saturated carbocycles. The Labute approximate surface area is 122 Å². The molecule has 5 nitrogen and oxygen atoms in total. The lowest BCUT2D eigenvalue weighted by Gasteiger charge is -2.04. The van der Waals surface area contributed by atoms with Crippen LogP contribution < -0.4 is 10.6 Å². The molecule has 0 aromatic carbocycles. The molecular weight excluding hydrogens is 272 g/mol. The number of carbonyl (C=O) groups excluding carboxylic acids is 1. The number of thiazole rings is 1. The van der Waals surface area contributed by atoms with Gasteiger partial charge < -0.3 is 10.6 Å². The molecular formula is C14H18N4OS. The second kappa shape index (κ2) is 7.00. The molecule has 2 rings (SSSR count). The van der Waals surface area contributed by atoms with Crippen LogP contribution in [0.3, 0.4) is 0 Å². The van der Waals surface area contributed by atoms with Crippen LogP contribution in [0.1, 0.15) is 30.0 Å². The topological polar surface area (TPSA) is 66.9 Å². The van der Waals surface area contributed by atoms with Gasteiger partial charge in [0.15, 0.2) is 5.13 Å². The van der Waals surface area contributed by atoms with Gasteiger partial charge in [-0.2, -0.15) is 0 Å². The van der Waals surface area contributed by atoms with Crippen LogP contribution in [0.15, 0.2) is 29.8 Å². The van der Waals surface area contributed by atoms with Crippen molar-refractivity contribution in [3.8, 4) is 0 Å². The lowest BCUT2D eigenvalue weighted by atomic mass is 10.2. The maximum absolute atomic E-state index is 11.9. The van der Waals surface area contributed by atoms with E-state index in [0.29, 0.717) is 18.2 Å². The van der Waals surface area contributed by atoms with Gasteiger partial charge in [-0.3, -0.25) is 9.78 Å². The van der Waals surface area contributed by atoms with Gasteiger partial charge in [-0.15, -0.1) is 11.3 Å². The third-order valence-electron chi connectivity index (χ3n) is 2.55. The quantitative estimate of drug-likeness (QED) is 0.858. The third-order valence-corrected chi connectivity index (χ3v) is 3.35. The van der Waals surface area contributed by atoms with Crippen molar-refractivity contribution in [2.75, 3.05) is 11.9 Å². The number of pyridine rings is 1. The summed E-state index contributed by atoms with van der Waals surface area (Å²) in [5.41, 5.74) is 1.27. The number of hydrogen-bond acceptors (Lipinski definition) is 5. The number of nitrogens with zero attached hydrogens (tertiary/aromatic N) is 2. The molecule has 2 aromatic rings. The van der Waals surface area contributed by atoms with Gasteiger partial charge in [-0.25, -0.2) is 4.98 Å². The maximum atomic E-state index is 11.9. The number of hydrogen-bond donors (Lipinski definition) is 2. The number of amides is 1. The molecule has 2 heterocycles. The standard InChI is InChI=1S/C14H18N4OS/c1-10(2)7-17-14-18-12(9-20-14)13(19)16-8-11-5-3-4-6-15-11/h3-6,9-10H,7-8H2,1-2H3,(H,16,19)(H,17,18). The summed E-state index contributed by atoms with van der Waals surface area (Å²) in [4.78, 5) is 20.4. The lowest BCUT2D eigenvalue weighted by molar-refractivity contribution is 0.0946. The van der Waals surface area contributed by atoms with E-state index in [1.54, 1.807) is 11.6 Å². The maximum Gasteiger partial charge on any atom is 0.271 e. The summed E-state index contributed by atoms with van der Waals surface area (Å²) in [6, 6.07) is 5.61. The fourth-order valence-corrected chi connectivity index (χ4v) is 2.22. The molecule has 0 spiro atoms. The van der Waals surface area contributed by atoms with Crippen LogP contribution in [-0.2, 0) is 6.54 Å². The fourth-order valence-electron chi connectivity index (χ4n) is 1.51. The normalized spacial score (nSPS) is 10.6. The van der Waals surface area contributed by atoms with Gasteiger partial charge in [0.2, 0.25) is 0 Å². The molecule has 0 fully saturated rings. The molecule has 0 aliphatic carbocycles. The Balaban J connectivity index is 1.86. The number of carbonyl (C=O) groups is 1. The molecule has 0 unspecified atom stereocenters. The summed E-state index contributed by atoms with van der Waals surface area (Å²) >= 11 is 1.44. The van der Waals surface area contributed by atoms with E-state index in [9.17, 15) is 4.79 Å². The van der Waals surface area contributed by atoms with Gasteiger partial charge in [0.1, 0.15) is 5.69 Å². The minimum absolute atomic E-state index is 0.176. The Bertz CT molecular complexity index is 553. The van der Waals surface area contributed by atoms with Crippen molar-refractivity contribution in [2.45, 2.75) is 20.4 Å². The largest absolute Gasteiger partial charge is 0.361 e. The van der Waals surface area contributed by atoms with E-state index >= 15 is 0 Å². The first-order valence-corrected chi connectivity index (χ1v) is 7.40. The highest BCUT2D eigenvalue weighted by Crippen LogP contribution is 2.15. The molecule has 6 heteroatoms. The fraction of sp³-hybridized carbons (Fsp3) is 0.357. The molecule has 1 amide bonds. The zero-order valence-electron chi connectivity index (χ0n) is 11.6. The molecule has 106 valence electrons. The minimum Gasteiger partial charge on any atom is -0.361 e. The molecule has 0 atom stereocenters. The first kappa shape index (κ1) is 14.5. The Hall–Kier alpha value is -1.95. The summed E-state index contributed by atoms with van der Waals surface area (Å²) in [6.07, 6.45) is 1.71. The first-order valence-electron chi connectivity index (χ1n) is 6.52. The van der Waals surface area contributed by atoms with Gasteiger partial charge in [0, 0.05) is 18.1 Å². The van der Waals surface area contributed by atoms with E-state index in [-0.39, 0.29) is 5.91 Å². The van der Waals surface area contributed by atoms with Crippen molar-refractivity contribution in [3.63, 3.8) is 0 Å². The van der Waals surface area contributed by atoms with E-state index in [1.165, 1.54) is 11.3 Å². The highest BCUT2D eigenvalue weighted by Gasteiger charge is 2.10. The summed E-state index contributed by atoms with van der Waals surface area (Å²) < 4.78 is 0. The van der Waals surface area contributed by atoms with Crippen LogP contribution in [0.4, 0.5) is 5.13 Å². The highest BCUT2D eigenvalue weighted by molar-refractivity contribution is 7.13. The Morgan fingerprint density at radius 2 is 2.25 bits per heavy atom. The van der Waals surface area contributed by atoms with Crippen molar-refractivity contribution in [1.29, 1.82) is 0 Å². The average Bonchev–Trinajstić information content (AvgIpc) is 2.92. The molecule has 0 saturated heterocycles. The van der Waals surface area contributed by atoms with Crippen molar-refractivity contribution in [3.05, 3.63) is 41.2 Å². The summed E-state index contributed by atoms with van der Waals surface area (Å²) in [7, 11) is 0. The summed E-state index contributed by atoms with van der Waals surface area (Å²) in [6.45, 7) is 5.51. The van der Waals surface area contributed by atoms with E-state index in [4.69, 9.17) is 0 Å². The van der Waals surface area contributed by atoms with Gasteiger partial charge in [0.25, 0.3) is 5.91 Å². The van der Waals surface area contributed by atoms with Crippen LogP contribution in [0.2, 0.25) is 0 Å². The van der Waals surface area contributed by atoms with Crippen molar-refractivity contribution < 1.29 is 4.79 Å². The number of nitrogens with one attached hydrogen (secondary N) is 2. The van der Waals surface area contributed by atoms with Gasteiger partial charge in [-0.05, 0) is 18.1 Å². The third kappa shape index (κ3) is 4.31. The SMILES string of the molecule is CC(C)CNc1nc(C(=O)NCc2ccccn2)cs1. The van der Waals surface area contributed by atoms with Crippen LogP contribution in [0, 0.1) is 5.92 Å². The van der Waals surface area contributed by atoms with E-state index in [2.05, 4.69) is 34.4 Å². The summed E-state index contributed by atoms with van der Waals surface area (Å²) in [5.74, 6) is 0.366. The second-order valence-electron chi connectivity index (χ2n) is 4.82. The molecule has 0 aliphatic heterocycles. The van der Waals surface area contributed by atoms with Crippen molar-refractivity contribution in [1.82, 2.24) is 15.3 Å². The van der Waals surface area contributed by atoms with Crippen LogP contribution in [-0.4, -0.2) is 22.4 Å². The van der Waals surface area contributed by atoms with Crippen molar-refractivity contribution >= 4 is 22.4 Å². The van der Waals surface area contributed by atoms with Crippen LogP contribution >= 0.6 is 11.3 Å². The zero-order valence-corrected chi connectivity index (χ0v) is 12.4. The Kier molecular flexibility index (Phi) is 5.06. The molecule has 20 heavy (non-hydrogen) atoms. The predicted octanol–water partition coefficient (Wildman–Crippen LogP) is 2.54. The predicted molar refractivity (Wildman–Crippen MR) is 80.8 cm³/mol. The second-order valence-corrected chi connectivity index (χ2v) is 5.67. The van der Waals surface area contributed by atoms with Gasteiger partial charge >= 0.3 is 0 Å². The van der Waals surface area contributed by atoms with Crippen LogP contribution in [0.5, 0.6) is 0 Å². The first-order chi connectivity index (χ1) is 9.65. The van der Waals surface area contributed by atoms with E-state index in [0.717, 1.165) is 17.4 Å². The molecule has 0 radical (unpaired) electrons. The minimum atomic E-state index is -0.176. The van der Waals surface area contributed by atoms with Crippen molar-refractivity contribution in [2.24, 2.45) is 5.92 Å². The smallest absolute Gasteiger partial charge is 0.271 e. The molecule has 2 aromatic heterocycles. The van der Waals surface area contributed by atoms with E-state index in [1.807, 2.05) is 18.2 Å². The Morgan fingerprint density at radius 1 is 1.40 bits per heavy atom. The number of anilines is 1. The van der Waals surface area contributed by atoms with Crippen LogP contribution in [0.25, 0.3) is 0 Å².